The number of para-hydroxylation sites is 2. The molecule has 5 nitrogen and oxygen atoms in total. The van der Waals surface area contributed by atoms with Crippen molar-refractivity contribution < 1.29 is 13.6 Å². The number of nitrogens with one attached hydrogen (secondary N) is 1. The first kappa shape index (κ1) is 16.8. The Hall–Kier alpha value is -3.61. The molecule has 0 aliphatic carbocycles. The molecule has 0 atom stereocenters. The van der Waals surface area contributed by atoms with Crippen LogP contribution >= 0.6 is 0 Å². The third kappa shape index (κ3) is 3.39. The van der Waals surface area contributed by atoms with Crippen LogP contribution < -0.4 is 5.32 Å². The second kappa shape index (κ2) is 6.95. The predicted molar refractivity (Wildman–Crippen MR) is 98.0 cm³/mol. The number of hydrogen-bond acceptors (Lipinski definition) is 3. The van der Waals surface area contributed by atoms with Gasteiger partial charge in [-0.3, -0.25) is 9.78 Å². The van der Waals surface area contributed by atoms with Crippen LogP contribution in [0.3, 0.4) is 0 Å². The van der Waals surface area contributed by atoms with Crippen molar-refractivity contribution in [3.05, 3.63) is 78.6 Å². The lowest BCUT2D eigenvalue weighted by Gasteiger charge is -2.11. The Morgan fingerprint density at radius 2 is 1.81 bits per heavy atom. The molecule has 7 heteroatoms. The third-order valence-electron chi connectivity index (χ3n) is 4.10. The lowest BCUT2D eigenvalue weighted by Crippen LogP contribution is -2.20. The number of carbonyl (C=O) groups excluding carboxylic acids is 1. The van der Waals surface area contributed by atoms with Crippen LogP contribution in [0.15, 0.2) is 67.0 Å². The molecule has 4 rings (SSSR count). The Balaban J connectivity index is 1.69. The normalized spacial score (nSPS) is 10.9. The van der Waals surface area contributed by atoms with Crippen LogP contribution in [-0.4, -0.2) is 20.4 Å². The molecule has 0 fully saturated rings. The van der Waals surface area contributed by atoms with E-state index in [0.717, 1.165) is 28.7 Å². The molecule has 134 valence electrons. The summed E-state index contributed by atoms with van der Waals surface area (Å²) in [5.74, 6) is -1.37. The molecule has 2 aromatic carbocycles. The third-order valence-corrected chi connectivity index (χ3v) is 4.10. The molecule has 27 heavy (non-hydrogen) atoms. The quantitative estimate of drug-likeness (QED) is 0.595. The van der Waals surface area contributed by atoms with Crippen LogP contribution in [0.4, 0.5) is 14.5 Å². The summed E-state index contributed by atoms with van der Waals surface area (Å²) in [6, 6.07) is 14.0. The van der Waals surface area contributed by atoms with Gasteiger partial charge >= 0.3 is 0 Å². The van der Waals surface area contributed by atoms with E-state index in [4.69, 9.17) is 0 Å². The molecule has 0 bridgehead atoms. The van der Waals surface area contributed by atoms with Gasteiger partial charge in [0.15, 0.2) is 0 Å². The van der Waals surface area contributed by atoms with Gasteiger partial charge in [-0.25, -0.2) is 13.8 Å². The van der Waals surface area contributed by atoms with E-state index in [1.54, 1.807) is 29.1 Å². The Kier molecular flexibility index (Phi) is 4.33. The summed E-state index contributed by atoms with van der Waals surface area (Å²) in [5, 5.41) is 2.48. The number of anilines is 1. The fraction of sp³-hybridized carbons (Fsp3) is 0.0500. The van der Waals surface area contributed by atoms with E-state index in [2.05, 4.69) is 15.3 Å². The monoisotopic (exact) mass is 364 g/mol. The minimum atomic E-state index is -0.826. The largest absolute Gasteiger partial charge is 0.322 e. The molecule has 2 aromatic heterocycles. The van der Waals surface area contributed by atoms with E-state index < -0.39 is 17.5 Å². The Morgan fingerprint density at radius 1 is 1.04 bits per heavy atom. The van der Waals surface area contributed by atoms with Gasteiger partial charge in [-0.1, -0.05) is 12.1 Å². The van der Waals surface area contributed by atoms with Gasteiger partial charge in [-0.05, 0) is 36.4 Å². The standard InChI is InChI=1S/C20H14F2N4O/c21-14-5-6-16(15(22)11-14)24-19(27)12-26-18-4-2-1-3-17(18)25-20(26)13-7-9-23-10-8-13/h1-11H,12H2,(H,24,27). The van der Waals surface area contributed by atoms with E-state index in [0.29, 0.717) is 5.82 Å². The summed E-state index contributed by atoms with van der Waals surface area (Å²) in [5.41, 5.74) is 2.25. The number of hydrogen-bond donors (Lipinski definition) is 1. The molecule has 0 radical (unpaired) electrons. The molecule has 4 aromatic rings. The van der Waals surface area contributed by atoms with Crippen molar-refractivity contribution in [2.24, 2.45) is 0 Å². The average Bonchev–Trinajstić information content (AvgIpc) is 3.03. The summed E-state index contributed by atoms with van der Waals surface area (Å²) in [6.45, 7) is -0.0744. The molecular weight excluding hydrogens is 350 g/mol. The number of carbonyl (C=O) groups is 1. The number of aromatic nitrogens is 3. The zero-order valence-corrected chi connectivity index (χ0v) is 14.1. The van der Waals surface area contributed by atoms with Crippen molar-refractivity contribution in [2.75, 3.05) is 5.32 Å². The molecule has 0 saturated carbocycles. The summed E-state index contributed by atoms with van der Waals surface area (Å²) >= 11 is 0. The Bertz CT molecular complexity index is 1130. The van der Waals surface area contributed by atoms with Crippen LogP contribution in [0.1, 0.15) is 0 Å². The molecule has 1 N–H and O–H groups in total. The van der Waals surface area contributed by atoms with Crippen molar-refractivity contribution >= 4 is 22.6 Å². The second-order valence-electron chi connectivity index (χ2n) is 5.92. The lowest BCUT2D eigenvalue weighted by atomic mass is 10.2. The maximum atomic E-state index is 13.8. The smallest absolute Gasteiger partial charge is 0.244 e. The Labute approximate surface area is 153 Å². The number of imidazole rings is 1. The molecule has 0 aliphatic heterocycles. The number of rotatable bonds is 4. The summed E-state index contributed by atoms with van der Waals surface area (Å²) < 4.78 is 28.6. The molecule has 2 heterocycles. The number of amides is 1. The lowest BCUT2D eigenvalue weighted by molar-refractivity contribution is -0.116. The maximum absolute atomic E-state index is 13.8. The molecule has 0 spiro atoms. The van der Waals surface area contributed by atoms with Crippen LogP contribution in [0.2, 0.25) is 0 Å². The van der Waals surface area contributed by atoms with E-state index in [1.807, 2.05) is 24.3 Å². The number of nitrogens with zero attached hydrogens (tertiary/aromatic N) is 3. The first-order chi connectivity index (χ1) is 13.1. The van der Waals surface area contributed by atoms with Gasteiger partial charge in [0.1, 0.15) is 24.0 Å². The minimum Gasteiger partial charge on any atom is -0.322 e. The van der Waals surface area contributed by atoms with Gasteiger partial charge in [0.25, 0.3) is 0 Å². The fourth-order valence-electron chi connectivity index (χ4n) is 2.88. The van der Waals surface area contributed by atoms with Crippen molar-refractivity contribution in [1.29, 1.82) is 0 Å². The van der Waals surface area contributed by atoms with Crippen molar-refractivity contribution in [2.45, 2.75) is 6.54 Å². The van der Waals surface area contributed by atoms with Crippen molar-refractivity contribution in [3.63, 3.8) is 0 Å². The second-order valence-corrected chi connectivity index (χ2v) is 5.92. The van der Waals surface area contributed by atoms with Gasteiger partial charge in [-0.2, -0.15) is 0 Å². The molecular formula is C20H14F2N4O. The highest BCUT2D eigenvalue weighted by Crippen LogP contribution is 2.24. The van der Waals surface area contributed by atoms with Crippen LogP contribution in [0, 0.1) is 11.6 Å². The van der Waals surface area contributed by atoms with Crippen molar-refractivity contribution in [3.8, 4) is 11.4 Å². The number of pyridine rings is 1. The summed E-state index contributed by atoms with van der Waals surface area (Å²) in [7, 11) is 0. The SMILES string of the molecule is O=C(Cn1c(-c2ccncc2)nc2ccccc21)Nc1ccc(F)cc1F. The number of fused-ring (bicyclic) bond motifs is 1. The zero-order chi connectivity index (χ0) is 18.8. The van der Waals surface area contributed by atoms with Gasteiger partial charge in [0, 0.05) is 24.0 Å². The molecule has 0 saturated heterocycles. The van der Waals surface area contributed by atoms with Crippen LogP contribution in [-0.2, 0) is 11.3 Å². The predicted octanol–water partition coefficient (Wildman–Crippen LogP) is 4.02. The fourth-order valence-corrected chi connectivity index (χ4v) is 2.88. The highest BCUT2D eigenvalue weighted by atomic mass is 19.1. The summed E-state index contributed by atoms with van der Waals surface area (Å²) in [6.07, 6.45) is 3.29. The molecule has 1 amide bonds. The van der Waals surface area contributed by atoms with Crippen LogP contribution in [0.5, 0.6) is 0 Å². The summed E-state index contributed by atoms with van der Waals surface area (Å²) in [4.78, 5) is 21.1. The number of benzene rings is 2. The highest BCUT2D eigenvalue weighted by Gasteiger charge is 2.16. The first-order valence-corrected chi connectivity index (χ1v) is 8.22. The van der Waals surface area contributed by atoms with E-state index in [9.17, 15) is 13.6 Å². The zero-order valence-electron chi connectivity index (χ0n) is 14.1. The van der Waals surface area contributed by atoms with E-state index in [1.165, 1.54) is 6.07 Å². The topological polar surface area (TPSA) is 59.8 Å². The minimum absolute atomic E-state index is 0.0729. The van der Waals surface area contributed by atoms with Gasteiger partial charge in [0.05, 0.1) is 16.7 Å². The van der Waals surface area contributed by atoms with E-state index in [-0.39, 0.29) is 12.2 Å². The Morgan fingerprint density at radius 3 is 2.59 bits per heavy atom. The first-order valence-electron chi connectivity index (χ1n) is 8.22. The molecule has 0 unspecified atom stereocenters. The van der Waals surface area contributed by atoms with Gasteiger partial charge in [0.2, 0.25) is 5.91 Å². The van der Waals surface area contributed by atoms with Crippen LogP contribution in [0.25, 0.3) is 22.4 Å². The van der Waals surface area contributed by atoms with Gasteiger partial charge in [-0.15, -0.1) is 0 Å². The average molecular weight is 364 g/mol. The van der Waals surface area contributed by atoms with Gasteiger partial charge < -0.3 is 9.88 Å². The maximum Gasteiger partial charge on any atom is 0.244 e. The number of halogens is 2. The molecule has 0 aliphatic rings. The van der Waals surface area contributed by atoms with E-state index >= 15 is 0 Å². The van der Waals surface area contributed by atoms with Crippen molar-refractivity contribution in [1.82, 2.24) is 14.5 Å². The highest BCUT2D eigenvalue weighted by molar-refractivity contribution is 5.92.